The first kappa shape index (κ1) is 19.0. The fraction of sp³-hybridized carbons (Fsp3) is 0.0556. The highest BCUT2D eigenvalue weighted by Crippen LogP contribution is 2.19. The molecule has 2 aromatic rings. The van der Waals surface area contributed by atoms with Gasteiger partial charge in [-0.15, -0.1) is 0 Å². The highest BCUT2D eigenvalue weighted by molar-refractivity contribution is 6.31. The van der Waals surface area contributed by atoms with Crippen LogP contribution in [0.25, 0.3) is 5.57 Å². The lowest BCUT2D eigenvalue weighted by Crippen LogP contribution is -2.18. The van der Waals surface area contributed by atoms with Crippen molar-refractivity contribution in [1.82, 2.24) is 10.3 Å². The third-order valence-corrected chi connectivity index (χ3v) is 3.43. The van der Waals surface area contributed by atoms with Crippen LogP contribution in [0.3, 0.4) is 0 Å². The van der Waals surface area contributed by atoms with Crippen LogP contribution in [-0.4, -0.2) is 18.1 Å². The van der Waals surface area contributed by atoms with E-state index in [1.807, 2.05) is 6.07 Å². The zero-order valence-electron chi connectivity index (χ0n) is 13.7. The Morgan fingerprint density at radius 2 is 2.15 bits per heavy atom. The number of aromatic nitrogens is 1. The van der Waals surface area contributed by atoms with E-state index in [-0.39, 0.29) is 16.3 Å². The topological polar surface area (TPSA) is 87.0 Å². The predicted octanol–water partition coefficient (Wildman–Crippen LogP) is 3.45. The number of hydrogen-bond acceptors (Lipinski definition) is 6. The molecule has 26 heavy (non-hydrogen) atoms. The normalized spacial score (nSPS) is 11.5. The highest BCUT2D eigenvalue weighted by atomic mass is 35.5. The maximum atomic E-state index is 13.2. The number of hydrogen-bond donors (Lipinski definition) is 2. The van der Waals surface area contributed by atoms with Crippen LogP contribution in [0.5, 0.6) is 0 Å². The van der Waals surface area contributed by atoms with E-state index >= 15 is 0 Å². The number of nitriles is 1. The maximum absolute atomic E-state index is 13.2. The zero-order valence-corrected chi connectivity index (χ0v) is 14.4. The Kier molecular flexibility index (Phi) is 6.71. The maximum Gasteiger partial charge on any atom is 0.355 e. The van der Waals surface area contributed by atoms with Crippen LogP contribution in [0.2, 0.25) is 5.02 Å². The van der Waals surface area contributed by atoms with Crippen molar-refractivity contribution in [1.29, 1.82) is 5.26 Å². The molecule has 6 nitrogen and oxygen atoms in total. The van der Waals surface area contributed by atoms with Gasteiger partial charge in [0.05, 0.1) is 23.4 Å². The number of esters is 1. The van der Waals surface area contributed by atoms with Crippen molar-refractivity contribution in [2.24, 2.45) is 0 Å². The summed E-state index contributed by atoms with van der Waals surface area (Å²) < 4.78 is 17.9. The molecule has 0 saturated carbocycles. The van der Waals surface area contributed by atoms with Gasteiger partial charge in [0.15, 0.2) is 0 Å². The predicted molar refractivity (Wildman–Crippen MR) is 96.1 cm³/mol. The van der Waals surface area contributed by atoms with Gasteiger partial charge in [-0.05, 0) is 30.3 Å². The van der Waals surface area contributed by atoms with Gasteiger partial charge in [0, 0.05) is 24.3 Å². The molecule has 1 aromatic heterocycles. The van der Waals surface area contributed by atoms with Gasteiger partial charge >= 0.3 is 5.97 Å². The summed E-state index contributed by atoms with van der Waals surface area (Å²) in [5, 5.41) is 14.7. The van der Waals surface area contributed by atoms with E-state index in [0.29, 0.717) is 11.4 Å². The Bertz CT molecular complexity index is 892. The molecule has 132 valence electrons. The summed E-state index contributed by atoms with van der Waals surface area (Å²) in [5.74, 6) is -1.22. The molecule has 0 unspecified atom stereocenters. The monoisotopic (exact) mass is 372 g/mol. The first-order valence-corrected chi connectivity index (χ1v) is 7.71. The van der Waals surface area contributed by atoms with Crippen LogP contribution in [0.15, 0.2) is 60.7 Å². The summed E-state index contributed by atoms with van der Waals surface area (Å²) in [5.41, 5.74) is 1.17. The summed E-state index contributed by atoms with van der Waals surface area (Å²) in [7, 11) is 1.22. The second-order valence-electron chi connectivity index (χ2n) is 4.85. The van der Waals surface area contributed by atoms with E-state index in [4.69, 9.17) is 16.3 Å². The highest BCUT2D eigenvalue weighted by Gasteiger charge is 2.10. The molecule has 0 spiro atoms. The van der Waals surface area contributed by atoms with Gasteiger partial charge in [-0.2, -0.15) is 5.26 Å². The number of allylic oxidation sites excluding steroid dienone is 1. The van der Waals surface area contributed by atoms with Gasteiger partial charge in [-0.1, -0.05) is 17.7 Å². The number of nitrogens with one attached hydrogen (secondary N) is 2. The van der Waals surface area contributed by atoms with Crippen molar-refractivity contribution >= 4 is 28.8 Å². The molecular weight excluding hydrogens is 359 g/mol. The average molecular weight is 373 g/mol. The van der Waals surface area contributed by atoms with E-state index in [2.05, 4.69) is 15.6 Å². The fourth-order valence-corrected chi connectivity index (χ4v) is 2.03. The Morgan fingerprint density at radius 1 is 1.35 bits per heavy atom. The van der Waals surface area contributed by atoms with Crippen molar-refractivity contribution in [3.63, 3.8) is 0 Å². The second kappa shape index (κ2) is 9.20. The van der Waals surface area contributed by atoms with Gasteiger partial charge in [0.2, 0.25) is 0 Å². The lowest BCUT2D eigenvalue weighted by molar-refractivity contribution is -0.136. The van der Waals surface area contributed by atoms with Crippen molar-refractivity contribution in [2.75, 3.05) is 12.4 Å². The number of ether oxygens (including phenoxy) is 1. The van der Waals surface area contributed by atoms with Crippen LogP contribution in [-0.2, 0) is 9.53 Å². The molecule has 0 atom stereocenters. The summed E-state index contributed by atoms with van der Waals surface area (Å²) in [6.45, 7) is 0. The molecule has 2 rings (SSSR count). The molecule has 0 aliphatic heterocycles. The first-order valence-electron chi connectivity index (χ1n) is 7.33. The number of pyridine rings is 1. The van der Waals surface area contributed by atoms with Crippen LogP contribution in [0.4, 0.5) is 10.1 Å². The largest absolute Gasteiger partial charge is 0.464 e. The average Bonchev–Trinajstić information content (AvgIpc) is 2.67. The molecule has 0 bridgehead atoms. The summed E-state index contributed by atoms with van der Waals surface area (Å²) >= 11 is 5.71. The molecule has 1 aromatic carbocycles. The molecule has 0 radical (unpaired) electrons. The number of halogens is 2. The summed E-state index contributed by atoms with van der Waals surface area (Å²) in [4.78, 5) is 16.0. The van der Waals surface area contributed by atoms with E-state index in [1.54, 1.807) is 24.4 Å². The summed E-state index contributed by atoms with van der Waals surface area (Å²) in [6.07, 6.45) is 4.21. The van der Waals surface area contributed by atoms with Crippen LogP contribution < -0.4 is 10.6 Å². The first-order chi connectivity index (χ1) is 12.5. The SMILES string of the molecule is COC(=O)/C(=C\Nc1ccc(F)c(Cl)c1)N/C=C(/C#N)c1ccccn1. The third kappa shape index (κ3) is 5.06. The molecule has 0 aliphatic rings. The zero-order chi connectivity index (χ0) is 18.9. The smallest absolute Gasteiger partial charge is 0.355 e. The van der Waals surface area contributed by atoms with Crippen LogP contribution in [0, 0.1) is 17.1 Å². The van der Waals surface area contributed by atoms with Crippen molar-refractivity contribution < 1.29 is 13.9 Å². The Morgan fingerprint density at radius 3 is 2.77 bits per heavy atom. The van der Waals surface area contributed by atoms with E-state index in [9.17, 15) is 14.4 Å². The van der Waals surface area contributed by atoms with E-state index in [0.717, 1.165) is 0 Å². The van der Waals surface area contributed by atoms with Crippen molar-refractivity contribution in [2.45, 2.75) is 0 Å². The molecule has 2 N–H and O–H groups in total. The van der Waals surface area contributed by atoms with Gasteiger partial charge in [-0.25, -0.2) is 9.18 Å². The van der Waals surface area contributed by atoms with Crippen LogP contribution >= 0.6 is 11.6 Å². The second-order valence-corrected chi connectivity index (χ2v) is 5.26. The number of methoxy groups -OCH3 is 1. The standard InChI is InChI=1S/C18H14ClFN4O2/c1-26-18(25)17(11-23-13-5-6-15(20)14(19)8-13)24-10-12(9-21)16-4-2-3-7-22-16/h2-8,10-11,23-24H,1H3/b12-10-,17-11+. The number of rotatable bonds is 6. The van der Waals surface area contributed by atoms with Crippen molar-refractivity contribution in [3.8, 4) is 6.07 Å². The molecule has 1 heterocycles. The number of nitrogens with zero attached hydrogens (tertiary/aromatic N) is 2. The Hall–Kier alpha value is -3.37. The van der Waals surface area contributed by atoms with Crippen molar-refractivity contribution in [3.05, 3.63) is 77.2 Å². The van der Waals surface area contributed by atoms with Crippen LogP contribution in [0.1, 0.15) is 5.69 Å². The Balaban J connectivity index is 2.21. The molecule has 0 amide bonds. The van der Waals surface area contributed by atoms with Gasteiger partial charge in [0.1, 0.15) is 17.6 Å². The summed E-state index contributed by atoms with van der Waals surface area (Å²) in [6, 6.07) is 11.1. The number of carbonyl (C=O) groups is 1. The van der Waals surface area contributed by atoms with E-state index < -0.39 is 11.8 Å². The van der Waals surface area contributed by atoms with Gasteiger partial charge in [0.25, 0.3) is 0 Å². The quantitative estimate of drug-likeness (QED) is 0.459. The lowest BCUT2D eigenvalue weighted by Gasteiger charge is -2.08. The number of anilines is 1. The molecule has 0 saturated heterocycles. The minimum Gasteiger partial charge on any atom is -0.464 e. The molecule has 0 aliphatic carbocycles. The van der Waals surface area contributed by atoms with E-state index in [1.165, 1.54) is 37.7 Å². The number of benzene rings is 1. The lowest BCUT2D eigenvalue weighted by atomic mass is 10.2. The molecular formula is C18H14ClFN4O2. The fourth-order valence-electron chi connectivity index (χ4n) is 1.85. The third-order valence-electron chi connectivity index (χ3n) is 3.14. The number of carbonyl (C=O) groups excluding carboxylic acids is 1. The Labute approximate surface area is 154 Å². The minimum absolute atomic E-state index is 0.0247. The van der Waals surface area contributed by atoms with Gasteiger partial charge < -0.3 is 15.4 Å². The molecule has 8 heteroatoms. The molecule has 0 fully saturated rings. The minimum atomic E-state index is -0.666. The van der Waals surface area contributed by atoms with Gasteiger partial charge in [-0.3, -0.25) is 4.98 Å².